The first-order valence-electron chi connectivity index (χ1n) is 10.5. The minimum atomic E-state index is -0.884. The lowest BCUT2D eigenvalue weighted by atomic mass is 9.79. The molecule has 1 fully saturated rings. The maximum atomic E-state index is 11.7. The third kappa shape index (κ3) is 3.62. The van der Waals surface area contributed by atoms with Gasteiger partial charge in [-0.15, -0.1) is 16.4 Å². The molecule has 7 nitrogen and oxygen atoms in total. The summed E-state index contributed by atoms with van der Waals surface area (Å²) < 4.78 is 8.00. The van der Waals surface area contributed by atoms with Crippen molar-refractivity contribution in [1.82, 2.24) is 19.9 Å². The number of thiophene rings is 1. The number of hydrogen-bond acceptors (Lipinski definition) is 6. The molecule has 1 saturated heterocycles. The van der Waals surface area contributed by atoms with Crippen LogP contribution in [0.3, 0.4) is 0 Å². The second-order valence-corrected chi connectivity index (χ2v) is 10.1. The number of nitrogens with two attached hydrogens (primary N) is 1. The molecule has 0 bridgehead atoms. The van der Waals surface area contributed by atoms with Gasteiger partial charge in [0.25, 0.3) is 0 Å². The van der Waals surface area contributed by atoms with Crippen molar-refractivity contribution in [1.29, 1.82) is 0 Å². The molecule has 0 aliphatic carbocycles. The van der Waals surface area contributed by atoms with Crippen molar-refractivity contribution in [3.8, 4) is 0 Å². The van der Waals surface area contributed by atoms with E-state index in [1.807, 2.05) is 17.5 Å². The van der Waals surface area contributed by atoms with E-state index >= 15 is 0 Å². The predicted molar refractivity (Wildman–Crippen MR) is 113 cm³/mol. The fraction of sp³-hybridized carbons (Fsp3) is 0.667. The van der Waals surface area contributed by atoms with E-state index in [9.17, 15) is 4.79 Å². The van der Waals surface area contributed by atoms with E-state index in [-0.39, 0.29) is 5.60 Å². The third-order valence-corrected chi connectivity index (χ3v) is 7.88. The molecular weight excluding hydrogens is 386 g/mol. The Morgan fingerprint density at radius 1 is 1.48 bits per heavy atom. The molecule has 0 saturated carbocycles. The summed E-state index contributed by atoms with van der Waals surface area (Å²) in [5, 5.41) is 8.42. The molecular formula is C21H31N5O2S. The highest BCUT2D eigenvalue weighted by molar-refractivity contribution is 7.12. The summed E-state index contributed by atoms with van der Waals surface area (Å²) in [6.07, 6.45) is 5.95. The van der Waals surface area contributed by atoms with Crippen LogP contribution < -0.4 is 5.73 Å². The van der Waals surface area contributed by atoms with Gasteiger partial charge >= 0.3 is 0 Å². The Kier molecular flexibility index (Phi) is 5.29. The van der Waals surface area contributed by atoms with E-state index in [1.165, 1.54) is 15.3 Å². The van der Waals surface area contributed by atoms with Crippen LogP contribution >= 0.6 is 11.3 Å². The summed E-state index contributed by atoms with van der Waals surface area (Å²) in [6, 6.07) is 2.76. The predicted octanol–water partition coefficient (Wildman–Crippen LogP) is 2.57. The fourth-order valence-electron chi connectivity index (χ4n) is 4.48. The van der Waals surface area contributed by atoms with Gasteiger partial charge in [0.2, 0.25) is 5.91 Å². The highest BCUT2D eigenvalue weighted by atomic mass is 32.1. The maximum absolute atomic E-state index is 11.7. The van der Waals surface area contributed by atoms with Crippen LogP contribution in [0.4, 0.5) is 0 Å². The van der Waals surface area contributed by atoms with E-state index in [0.29, 0.717) is 12.6 Å². The van der Waals surface area contributed by atoms with Gasteiger partial charge in [-0.05, 0) is 51.7 Å². The van der Waals surface area contributed by atoms with Gasteiger partial charge < -0.3 is 10.5 Å². The number of carbonyl (C=O) groups is 1. The Morgan fingerprint density at radius 2 is 2.28 bits per heavy atom. The molecule has 29 heavy (non-hydrogen) atoms. The van der Waals surface area contributed by atoms with Gasteiger partial charge in [-0.3, -0.25) is 9.69 Å². The molecule has 0 radical (unpaired) electrons. The zero-order valence-corrected chi connectivity index (χ0v) is 18.6. The number of carbonyl (C=O) groups excluding carboxylic acids is 1. The normalized spacial score (nSPS) is 25.3. The van der Waals surface area contributed by atoms with Crippen LogP contribution in [0, 0.1) is 0 Å². The minimum Gasteiger partial charge on any atom is -0.370 e. The van der Waals surface area contributed by atoms with Crippen molar-refractivity contribution in [2.75, 3.05) is 13.2 Å². The second-order valence-electron chi connectivity index (χ2n) is 8.85. The Hall–Kier alpha value is -1.77. The van der Waals surface area contributed by atoms with Gasteiger partial charge in [-0.1, -0.05) is 12.1 Å². The molecule has 2 aliphatic heterocycles. The van der Waals surface area contributed by atoms with Crippen molar-refractivity contribution in [2.45, 2.75) is 77.1 Å². The van der Waals surface area contributed by atoms with Crippen molar-refractivity contribution in [2.24, 2.45) is 5.73 Å². The number of rotatable bonds is 5. The Bertz CT molecular complexity index is 905. The molecule has 2 aromatic heterocycles. The summed E-state index contributed by atoms with van der Waals surface area (Å²) in [6.45, 7) is 10.5. The third-order valence-electron chi connectivity index (χ3n) is 6.54. The first-order chi connectivity index (χ1) is 13.7. The molecule has 158 valence electrons. The topological polar surface area (TPSA) is 86.3 Å². The highest BCUT2D eigenvalue weighted by Crippen LogP contribution is 2.46. The summed E-state index contributed by atoms with van der Waals surface area (Å²) in [5.74, 6) is -0.422. The van der Waals surface area contributed by atoms with Gasteiger partial charge in [0.1, 0.15) is 5.54 Å². The molecule has 2 aliphatic rings. The SMILES string of the molecule is CCc1cc2c(s1)CCO[C@@]21CCN(Cc2cn(C(C)(C)C(N)=O)nn2)[C@@H](C)C1. The lowest BCUT2D eigenvalue weighted by Gasteiger charge is -2.47. The van der Waals surface area contributed by atoms with Crippen LogP contribution in [0.25, 0.3) is 0 Å². The second kappa shape index (κ2) is 7.49. The molecule has 8 heteroatoms. The molecule has 0 unspecified atom stereocenters. The number of aryl methyl sites for hydroxylation is 1. The number of nitrogens with zero attached hydrogens (tertiary/aromatic N) is 4. The van der Waals surface area contributed by atoms with Crippen LogP contribution in [0.15, 0.2) is 12.3 Å². The van der Waals surface area contributed by atoms with Gasteiger partial charge in [0.05, 0.1) is 24.1 Å². The average molecular weight is 418 g/mol. The molecule has 1 amide bonds. The zero-order chi connectivity index (χ0) is 20.8. The summed E-state index contributed by atoms with van der Waals surface area (Å²) in [5.41, 5.74) is 6.77. The largest absolute Gasteiger partial charge is 0.370 e. The lowest BCUT2D eigenvalue weighted by molar-refractivity contribution is -0.125. The number of likely N-dealkylation sites (tertiary alicyclic amines) is 1. The average Bonchev–Trinajstić information content (AvgIpc) is 3.32. The van der Waals surface area contributed by atoms with E-state index < -0.39 is 11.4 Å². The zero-order valence-electron chi connectivity index (χ0n) is 17.8. The van der Waals surface area contributed by atoms with E-state index in [4.69, 9.17) is 10.5 Å². The van der Waals surface area contributed by atoms with Gasteiger partial charge in [0.15, 0.2) is 0 Å². The number of amides is 1. The molecule has 4 rings (SSSR count). The highest BCUT2D eigenvalue weighted by Gasteiger charge is 2.44. The van der Waals surface area contributed by atoms with Crippen LogP contribution in [-0.2, 0) is 40.1 Å². The van der Waals surface area contributed by atoms with Crippen LogP contribution in [-0.4, -0.2) is 45.0 Å². The number of fused-ring (bicyclic) bond motifs is 2. The molecule has 1 spiro atoms. The summed E-state index contributed by atoms with van der Waals surface area (Å²) in [7, 11) is 0. The van der Waals surface area contributed by atoms with E-state index in [0.717, 1.165) is 44.5 Å². The van der Waals surface area contributed by atoms with Crippen molar-refractivity contribution in [3.63, 3.8) is 0 Å². The van der Waals surface area contributed by atoms with Crippen LogP contribution in [0.5, 0.6) is 0 Å². The maximum Gasteiger partial charge on any atom is 0.244 e. The number of piperidine rings is 1. The number of aromatic nitrogens is 3. The smallest absolute Gasteiger partial charge is 0.244 e. The van der Waals surface area contributed by atoms with Crippen molar-refractivity contribution in [3.05, 3.63) is 33.3 Å². The summed E-state index contributed by atoms with van der Waals surface area (Å²) >= 11 is 1.96. The number of primary amides is 1. The summed E-state index contributed by atoms with van der Waals surface area (Å²) in [4.78, 5) is 17.1. The van der Waals surface area contributed by atoms with E-state index in [2.05, 4.69) is 35.1 Å². The quantitative estimate of drug-likeness (QED) is 0.808. The van der Waals surface area contributed by atoms with Gasteiger partial charge in [-0.25, -0.2) is 4.68 Å². The van der Waals surface area contributed by atoms with Gasteiger partial charge in [-0.2, -0.15) is 0 Å². The van der Waals surface area contributed by atoms with Crippen LogP contribution in [0.2, 0.25) is 0 Å². The molecule has 2 atom stereocenters. The van der Waals surface area contributed by atoms with Gasteiger partial charge in [0, 0.05) is 35.3 Å². The molecule has 2 N–H and O–H groups in total. The molecule has 4 heterocycles. The fourth-order valence-corrected chi connectivity index (χ4v) is 5.65. The Morgan fingerprint density at radius 3 is 2.97 bits per heavy atom. The molecule has 0 aromatic carbocycles. The monoisotopic (exact) mass is 417 g/mol. The van der Waals surface area contributed by atoms with E-state index in [1.54, 1.807) is 18.5 Å². The minimum absolute atomic E-state index is 0.140. The standard InChI is InChI=1S/C21H31N5O2S/c1-5-16-10-17-18(29-16)6-9-28-21(17)7-8-25(14(2)11-21)12-15-13-26(24-23-15)20(3,4)19(22)27/h10,13-14H,5-9,11-12H2,1-4H3,(H2,22,27)/t14-,21+/m0/s1. The first kappa shape index (κ1) is 20.5. The lowest BCUT2D eigenvalue weighted by Crippen LogP contribution is -2.50. The Balaban J connectivity index is 1.48. The van der Waals surface area contributed by atoms with Crippen molar-refractivity contribution >= 4 is 17.2 Å². The molecule has 2 aromatic rings. The van der Waals surface area contributed by atoms with Crippen molar-refractivity contribution < 1.29 is 9.53 Å². The number of ether oxygens (including phenoxy) is 1. The van der Waals surface area contributed by atoms with Crippen LogP contribution in [0.1, 0.15) is 61.5 Å². The first-order valence-corrected chi connectivity index (χ1v) is 11.3. The number of hydrogen-bond donors (Lipinski definition) is 1. The Labute approximate surface area is 176 Å².